The second-order valence-electron chi connectivity index (χ2n) is 1.83. The average molecular weight is 157 g/mol. The molecule has 0 aromatic heterocycles. The van der Waals surface area contributed by atoms with E-state index in [0.29, 0.717) is 6.61 Å². The smallest absolute Gasteiger partial charge is 0.414 e. The van der Waals surface area contributed by atoms with E-state index < -0.39 is 12.0 Å². The van der Waals surface area contributed by atoms with Gasteiger partial charge in [0.25, 0.3) is 5.91 Å². The molecule has 0 fully saturated rings. The van der Waals surface area contributed by atoms with Crippen LogP contribution in [0.2, 0.25) is 0 Å². The van der Waals surface area contributed by atoms with Gasteiger partial charge < -0.3 is 4.74 Å². The van der Waals surface area contributed by atoms with E-state index in [2.05, 4.69) is 11.3 Å². The number of nitrogens with one attached hydrogen (secondary N) is 1. The van der Waals surface area contributed by atoms with Gasteiger partial charge in [0.05, 0.1) is 6.61 Å². The van der Waals surface area contributed by atoms with Crippen LogP contribution in [0.3, 0.4) is 0 Å². The van der Waals surface area contributed by atoms with Crippen LogP contribution in [0.4, 0.5) is 4.79 Å². The molecule has 0 aromatic carbocycles. The first kappa shape index (κ1) is 9.68. The van der Waals surface area contributed by atoms with E-state index >= 15 is 0 Å². The van der Waals surface area contributed by atoms with Crippen LogP contribution in [0.15, 0.2) is 12.7 Å². The quantitative estimate of drug-likeness (QED) is 0.617. The van der Waals surface area contributed by atoms with E-state index in [1.54, 1.807) is 0 Å². The third-order valence-electron chi connectivity index (χ3n) is 0.848. The monoisotopic (exact) mass is 157 g/mol. The molecule has 62 valence electrons. The van der Waals surface area contributed by atoms with E-state index in [1.807, 2.05) is 12.2 Å². The number of hydrogen-bond donors (Lipinski definition) is 1. The van der Waals surface area contributed by atoms with Gasteiger partial charge in [-0.1, -0.05) is 13.5 Å². The van der Waals surface area contributed by atoms with E-state index in [1.165, 1.54) is 0 Å². The fourth-order valence-corrected chi connectivity index (χ4v) is 0.382. The number of alkyl carbamates (subject to hydrolysis) is 1. The summed E-state index contributed by atoms with van der Waals surface area (Å²) in [7, 11) is 0. The highest BCUT2D eigenvalue weighted by molar-refractivity contribution is 5.98. The van der Waals surface area contributed by atoms with Crippen molar-refractivity contribution >= 4 is 12.0 Å². The van der Waals surface area contributed by atoms with Crippen LogP contribution >= 0.6 is 0 Å². The fraction of sp³-hybridized carbons (Fsp3) is 0.429. The predicted molar refractivity (Wildman–Crippen MR) is 40.0 cm³/mol. The number of amides is 2. The number of rotatable bonds is 3. The lowest BCUT2D eigenvalue weighted by Gasteiger charge is -2.01. The second kappa shape index (κ2) is 5.46. The standard InChI is InChI=1S/C7H11NO3/c1-3-5-11-7(10)8-6(9)4-2/h4H,2-3,5H2,1H3,(H,8,9,10). The Labute approximate surface area is 65.2 Å². The Balaban J connectivity index is 3.52. The first-order valence-electron chi connectivity index (χ1n) is 3.31. The van der Waals surface area contributed by atoms with Gasteiger partial charge in [-0.3, -0.25) is 10.1 Å². The van der Waals surface area contributed by atoms with Gasteiger partial charge in [-0.25, -0.2) is 4.79 Å². The zero-order valence-corrected chi connectivity index (χ0v) is 6.42. The maximum absolute atomic E-state index is 10.6. The number of hydrogen-bond acceptors (Lipinski definition) is 3. The van der Waals surface area contributed by atoms with Crippen LogP contribution in [0.5, 0.6) is 0 Å². The van der Waals surface area contributed by atoms with Gasteiger partial charge in [-0.05, 0) is 12.5 Å². The molecular formula is C7H11NO3. The van der Waals surface area contributed by atoms with Crippen molar-refractivity contribution in [3.05, 3.63) is 12.7 Å². The zero-order chi connectivity index (χ0) is 8.69. The molecular weight excluding hydrogens is 146 g/mol. The van der Waals surface area contributed by atoms with Gasteiger partial charge in [-0.2, -0.15) is 0 Å². The summed E-state index contributed by atoms with van der Waals surface area (Å²) in [6, 6.07) is 0. The molecule has 0 atom stereocenters. The van der Waals surface area contributed by atoms with Crippen molar-refractivity contribution in [2.24, 2.45) is 0 Å². The third-order valence-corrected chi connectivity index (χ3v) is 0.848. The topological polar surface area (TPSA) is 55.4 Å². The van der Waals surface area contributed by atoms with E-state index in [4.69, 9.17) is 0 Å². The van der Waals surface area contributed by atoms with Crippen LogP contribution in [-0.2, 0) is 9.53 Å². The Morgan fingerprint density at radius 1 is 1.64 bits per heavy atom. The molecule has 1 N–H and O–H groups in total. The van der Waals surface area contributed by atoms with Gasteiger partial charge in [0.2, 0.25) is 0 Å². The van der Waals surface area contributed by atoms with Crippen LogP contribution in [0.25, 0.3) is 0 Å². The minimum atomic E-state index is -0.725. The maximum atomic E-state index is 10.6. The van der Waals surface area contributed by atoms with Gasteiger partial charge in [0.15, 0.2) is 0 Å². The molecule has 4 nitrogen and oxygen atoms in total. The van der Waals surface area contributed by atoms with Crippen molar-refractivity contribution in [2.75, 3.05) is 6.61 Å². The molecule has 0 aromatic rings. The fourth-order valence-electron chi connectivity index (χ4n) is 0.382. The highest BCUT2D eigenvalue weighted by Crippen LogP contribution is 1.81. The first-order valence-corrected chi connectivity index (χ1v) is 3.31. The van der Waals surface area contributed by atoms with Gasteiger partial charge in [0, 0.05) is 0 Å². The Kier molecular flexibility index (Phi) is 4.81. The van der Waals surface area contributed by atoms with E-state index in [0.717, 1.165) is 12.5 Å². The van der Waals surface area contributed by atoms with Gasteiger partial charge in [0.1, 0.15) is 0 Å². The van der Waals surface area contributed by atoms with Crippen molar-refractivity contribution in [1.29, 1.82) is 0 Å². The third kappa shape index (κ3) is 5.14. The summed E-state index contributed by atoms with van der Waals surface area (Å²) in [6.45, 7) is 5.35. The largest absolute Gasteiger partial charge is 0.449 e. The highest BCUT2D eigenvalue weighted by Gasteiger charge is 2.02. The lowest BCUT2D eigenvalue weighted by atomic mass is 10.5. The minimum Gasteiger partial charge on any atom is -0.449 e. The average Bonchev–Trinajstić information content (AvgIpc) is 2.00. The van der Waals surface area contributed by atoms with Crippen LogP contribution in [-0.4, -0.2) is 18.6 Å². The predicted octanol–water partition coefficient (Wildman–Crippen LogP) is 0.835. The molecule has 4 heteroatoms. The molecule has 0 saturated carbocycles. The zero-order valence-electron chi connectivity index (χ0n) is 6.42. The Bertz CT molecular complexity index is 165. The molecule has 0 heterocycles. The van der Waals surface area contributed by atoms with Crippen LogP contribution in [0, 0.1) is 0 Å². The maximum Gasteiger partial charge on any atom is 0.414 e. The molecule has 2 amide bonds. The summed E-state index contributed by atoms with van der Waals surface area (Å²) >= 11 is 0. The Hall–Kier alpha value is -1.32. The molecule has 0 saturated heterocycles. The Morgan fingerprint density at radius 3 is 2.73 bits per heavy atom. The molecule has 0 aliphatic heterocycles. The van der Waals surface area contributed by atoms with E-state index in [9.17, 15) is 9.59 Å². The number of carbonyl (C=O) groups excluding carboxylic acids is 2. The van der Waals surface area contributed by atoms with Gasteiger partial charge in [-0.15, -0.1) is 0 Å². The summed E-state index contributed by atoms with van der Waals surface area (Å²) in [5, 5.41) is 1.95. The molecule has 0 spiro atoms. The van der Waals surface area contributed by atoms with Crippen molar-refractivity contribution in [1.82, 2.24) is 5.32 Å². The lowest BCUT2D eigenvalue weighted by Crippen LogP contribution is -2.29. The Morgan fingerprint density at radius 2 is 2.27 bits per heavy atom. The molecule has 0 rings (SSSR count). The lowest BCUT2D eigenvalue weighted by molar-refractivity contribution is -0.115. The minimum absolute atomic E-state index is 0.316. The molecule has 0 radical (unpaired) electrons. The van der Waals surface area contributed by atoms with Crippen molar-refractivity contribution < 1.29 is 14.3 Å². The summed E-state index contributed by atoms with van der Waals surface area (Å²) in [4.78, 5) is 21.0. The summed E-state index contributed by atoms with van der Waals surface area (Å²) in [6.07, 6.45) is 1.01. The van der Waals surface area contributed by atoms with Crippen LogP contribution in [0.1, 0.15) is 13.3 Å². The summed E-state index contributed by atoms with van der Waals surface area (Å²) in [5.41, 5.74) is 0. The molecule has 0 bridgehead atoms. The summed E-state index contributed by atoms with van der Waals surface area (Å²) < 4.78 is 4.54. The molecule has 11 heavy (non-hydrogen) atoms. The van der Waals surface area contributed by atoms with Crippen molar-refractivity contribution in [3.8, 4) is 0 Å². The van der Waals surface area contributed by atoms with Crippen LogP contribution < -0.4 is 5.32 Å². The number of ether oxygens (including phenoxy) is 1. The van der Waals surface area contributed by atoms with Crippen molar-refractivity contribution in [2.45, 2.75) is 13.3 Å². The van der Waals surface area contributed by atoms with Crippen molar-refractivity contribution in [3.63, 3.8) is 0 Å². The highest BCUT2D eigenvalue weighted by atomic mass is 16.5. The normalized spacial score (nSPS) is 8.45. The molecule has 0 aliphatic carbocycles. The SMILES string of the molecule is C=CC(=O)NC(=O)OCCC. The first-order chi connectivity index (χ1) is 5.20. The number of imide groups is 1. The molecule has 0 unspecified atom stereocenters. The van der Waals surface area contributed by atoms with Gasteiger partial charge >= 0.3 is 6.09 Å². The summed E-state index contributed by atoms with van der Waals surface area (Å²) in [5.74, 6) is -0.550. The molecule has 0 aliphatic rings. The number of carbonyl (C=O) groups is 2. The van der Waals surface area contributed by atoms with E-state index in [-0.39, 0.29) is 0 Å². The second-order valence-corrected chi connectivity index (χ2v) is 1.83.